The number of carbonyl (C=O) groups is 2. The lowest BCUT2D eigenvalue weighted by atomic mass is 9.80. The van der Waals surface area contributed by atoms with Crippen LogP contribution in [0.2, 0.25) is 0 Å². The number of phenolic OH excluding ortho intramolecular Hbond substituents is 3. The van der Waals surface area contributed by atoms with Crippen LogP contribution in [0.4, 0.5) is 0 Å². The molecule has 1 aromatic heterocycles. The van der Waals surface area contributed by atoms with Crippen molar-refractivity contribution in [3.63, 3.8) is 0 Å². The van der Waals surface area contributed by atoms with Gasteiger partial charge in [-0.1, -0.05) is 13.0 Å². The Bertz CT molecular complexity index is 2450. The van der Waals surface area contributed by atoms with Gasteiger partial charge in [0.2, 0.25) is 24.0 Å². The standard InChI is InChI=1S/C41H46N2O20/c1-14-3-6-42-36-19(14)9-17(13-43-36)18-2-5-40(33(52)30(50)29(49)32(63-40)38(56)61-39-31(51)34(53)41(57,58)35(60-39)37(54)55)62-24-12-23-26(28(48)25(18)24)20(45)11-22(59-23)16-8-15(4-7-44)27(47)21(46)10-16/h8-14,18,29-36,39,42-44,46-53,57-58H,2-7H2,1H3,(H,54,55). The van der Waals surface area contributed by atoms with Gasteiger partial charge in [0, 0.05) is 54.0 Å². The highest BCUT2D eigenvalue weighted by Crippen LogP contribution is 2.52. The highest BCUT2D eigenvalue weighted by molar-refractivity contribution is 5.89. The Kier molecular flexibility index (Phi) is 11.5. The van der Waals surface area contributed by atoms with E-state index in [1.54, 1.807) is 6.20 Å². The number of ether oxygens (including phenoxy) is 4. The second-order valence-corrected chi connectivity index (χ2v) is 16.3. The van der Waals surface area contributed by atoms with Gasteiger partial charge in [0.15, 0.2) is 23.0 Å². The van der Waals surface area contributed by atoms with Gasteiger partial charge in [0.05, 0.1) is 6.17 Å². The number of fused-ring (bicyclic) bond motifs is 3. The maximum atomic E-state index is 13.9. The number of dihydropyridines is 1. The zero-order valence-electron chi connectivity index (χ0n) is 33.2. The molecule has 0 amide bonds. The Morgan fingerprint density at radius 2 is 1.70 bits per heavy atom. The number of nitrogens with one attached hydrogen (secondary N) is 2. The highest BCUT2D eigenvalue weighted by atomic mass is 16.8. The van der Waals surface area contributed by atoms with E-state index >= 15 is 0 Å². The van der Waals surface area contributed by atoms with E-state index in [2.05, 4.69) is 10.6 Å². The summed E-state index contributed by atoms with van der Waals surface area (Å²) in [4.78, 5) is 39.4. The zero-order valence-corrected chi connectivity index (χ0v) is 33.2. The third-order valence-corrected chi connectivity index (χ3v) is 12.4. The summed E-state index contributed by atoms with van der Waals surface area (Å²) in [6.45, 7) is 2.38. The van der Waals surface area contributed by atoms with Crippen LogP contribution in [-0.4, -0.2) is 153 Å². The van der Waals surface area contributed by atoms with E-state index in [4.69, 9.17) is 23.4 Å². The van der Waals surface area contributed by atoms with Crippen LogP contribution in [0.15, 0.2) is 56.9 Å². The third-order valence-electron chi connectivity index (χ3n) is 12.4. The molecule has 3 saturated heterocycles. The van der Waals surface area contributed by atoms with Crippen LogP contribution < -0.4 is 20.8 Å². The minimum absolute atomic E-state index is 0.00818. The Morgan fingerprint density at radius 1 is 0.952 bits per heavy atom. The molecule has 2 aromatic carbocycles. The smallest absolute Gasteiger partial charge is 0.340 e. The van der Waals surface area contributed by atoms with Gasteiger partial charge in [0.1, 0.15) is 58.7 Å². The molecule has 22 nitrogen and oxygen atoms in total. The van der Waals surface area contributed by atoms with E-state index < -0.39 is 114 Å². The average molecular weight is 887 g/mol. The molecule has 3 fully saturated rings. The SMILES string of the molecule is CC1CCNC2NC=C(C3CCC4(Oc5cc6oc(-c7cc(O)c(O)c(CCO)c7)cc(=O)c6c(O)c53)OC(C(=O)OC3OC(C(=O)O)C(O)(O)C(O)C3O)C(O)C(O)C4O)C=C12. The Balaban J connectivity index is 1.23. The number of carbonyl (C=O) groups excluding carboxylic acids is 1. The first-order chi connectivity index (χ1) is 29.8. The van der Waals surface area contributed by atoms with Crippen molar-refractivity contribution < 1.29 is 94.2 Å². The molecule has 12 unspecified atom stereocenters. The summed E-state index contributed by atoms with van der Waals surface area (Å²) in [5.41, 5.74) is 0.695. The molecular formula is C41H46N2O20. The minimum Gasteiger partial charge on any atom is -0.507 e. The van der Waals surface area contributed by atoms with E-state index in [-0.39, 0.29) is 64.1 Å². The summed E-state index contributed by atoms with van der Waals surface area (Å²) in [6, 6.07) is 4.72. The summed E-state index contributed by atoms with van der Waals surface area (Å²) >= 11 is 0. The van der Waals surface area contributed by atoms with Crippen LogP contribution >= 0.6 is 0 Å². The lowest BCUT2D eigenvalue weighted by molar-refractivity contribution is -0.375. The second kappa shape index (κ2) is 16.3. The van der Waals surface area contributed by atoms with Crippen LogP contribution in [0.3, 0.4) is 0 Å². The number of aliphatic hydroxyl groups excluding tert-OH is 6. The zero-order chi connectivity index (χ0) is 45.4. The van der Waals surface area contributed by atoms with Crippen molar-refractivity contribution in [3.8, 4) is 34.3 Å². The fraction of sp³-hybridized carbons (Fsp3) is 0.488. The molecule has 8 rings (SSSR count). The van der Waals surface area contributed by atoms with Crippen molar-refractivity contribution in [2.24, 2.45) is 5.92 Å². The third kappa shape index (κ3) is 7.45. The van der Waals surface area contributed by atoms with Crippen LogP contribution in [0.1, 0.15) is 43.2 Å². The molecule has 0 radical (unpaired) electrons. The van der Waals surface area contributed by atoms with Gasteiger partial charge in [-0.3, -0.25) is 10.1 Å². The van der Waals surface area contributed by atoms with E-state index in [1.807, 2.05) is 13.0 Å². The highest BCUT2D eigenvalue weighted by Gasteiger charge is 2.62. The van der Waals surface area contributed by atoms with Crippen molar-refractivity contribution in [2.75, 3.05) is 13.2 Å². The number of hydrogen-bond acceptors (Lipinski definition) is 21. The summed E-state index contributed by atoms with van der Waals surface area (Å²) in [5, 5.41) is 133. The van der Waals surface area contributed by atoms with Crippen molar-refractivity contribution in [2.45, 2.75) is 105 Å². The van der Waals surface area contributed by atoms with Gasteiger partial charge in [-0.15, -0.1) is 0 Å². The number of phenols is 3. The normalized spacial score (nSPS) is 33.8. The number of carboxylic acids is 1. The van der Waals surface area contributed by atoms with Gasteiger partial charge in [-0.2, -0.15) is 0 Å². The van der Waals surface area contributed by atoms with Crippen molar-refractivity contribution in [1.82, 2.24) is 10.6 Å². The monoisotopic (exact) mass is 886 g/mol. The Hall–Kier alpha value is -5.37. The molecule has 0 bridgehead atoms. The molecule has 0 saturated carbocycles. The van der Waals surface area contributed by atoms with Gasteiger partial charge in [-0.05, 0) is 55.0 Å². The first-order valence-corrected chi connectivity index (χ1v) is 20.0. The molecule has 5 aliphatic heterocycles. The van der Waals surface area contributed by atoms with Crippen LogP contribution in [0.5, 0.6) is 23.0 Å². The predicted molar refractivity (Wildman–Crippen MR) is 208 cm³/mol. The molecule has 6 heterocycles. The van der Waals surface area contributed by atoms with Gasteiger partial charge in [-0.25, -0.2) is 9.59 Å². The molecule has 22 heteroatoms. The maximum Gasteiger partial charge on any atom is 0.340 e. The molecule has 63 heavy (non-hydrogen) atoms. The number of aliphatic carboxylic acids is 1. The van der Waals surface area contributed by atoms with Crippen molar-refractivity contribution >= 4 is 22.9 Å². The van der Waals surface area contributed by atoms with E-state index in [0.29, 0.717) is 5.57 Å². The number of aromatic hydroxyl groups is 3. The number of benzene rings is 2. The van der Waals surface area contributed by atoms with Gasteiger partial charge >= 0.3 is 11.9 Å². The molecule has 0 aliphatic carbocycles. The summed E-state index contributed by atoms with van der Waals surface area (Å²) in [6.07, 6.45) is -15.6. The molecule has 5 aliphatic rings. The van der Waals surface area contributed by atoms with Crippen LogP contribution in [0, 0.1) is 5.92 Å². The number of hydrogen-bond donors (Lipinski definition) is 14. The van der Waals surface area contributed by atoms with Crippen molar-refractivity contribution in [3.05, 3.63) is 69.0 Å². The Labute approximate surface area is 355 Å². The van der Waals surface area contributed by atoms with Crippen molar-refractivity contribution in [1.29, 1.82) is 0 Å². The largest absolute Gasteiger partial charge is 0.507 e. The molecule has 340 valence electrons. The van der Waals surface area contributed by atoms with Crippen LogP contribution in [-0.2, 0) is 30.2 Å². The first-order valence-electron chi connectivity index (χ1n) is 20.0. The van der Waals surface area contributed by atoms with E-state index in [0.717, 1.165) is 30.7 Å². The van der Waals surface area contributed by atoms with Gasteiger partial charge in [0.25, 0.3) is 0 Å². The first kappa shape index (κ1) is 44.2. The molecular weight excluding hydrogens is 840 g/mol. The topological polar surface area (TPSA) is 368 Å². The predicted octanol–water partition coefficient (Wildman–Crippen LogP) is -2.33. The van der Waals surface area contributed by atoms with E-state index in [1.165, 1.54) is 12.1 Å². The molecule has 14 N–H and O–H groups in total. The minimum atomic E-state index is -3.55. The lowest BCUT2D eigenvalue weighted by Crippen LogP contribution is -2.70. The fourth-order valence-corrected chi connectivity index (χ4v) is 8.91. The van der Waals surface area contributed by atoms with Crippen LogP contribution in [0.25, 0.3) is 22.3 Å². The maximum absolute atomic E-state index is 13.9. The quantitative estimate of drug-likeness (QED) is 0.0672. The second-order valence-electron chi connectivity index (χ2n) is 16.3. The fourth-order valence-electron chi connectivity index (χ4n) is 8.91. The summed E-state index contributed by atoms with van der Waals surface area (Å²) in [5.74, 6) is -12.7. The lowest BCUT2D eigenvalue weighted by Gasteiger charge is -2.47. The number of rotatable bonds is 7. The number of piperidine rings is 1. The Morgan fingerprint density at radius 3 is 2.41 bits per heavy atom. The van der Waals surface area contributed by atoms with Gasteiger partial charge < -0.3 is 90.0 Å². The van der Waals surface area contributed by atoms with E-state index in [9.17, 15) is 75.7 Å². The molecule has 1 spiro atoms. The number of aliphatic hydroxyl groups is 8. The number of allylic oxidation sites excluding steroid dienone is 2. The average Bonchev–Trinajstić information content (AvgIpc) is 3.40. The number of esters is 1. The summed E-state index contributed by atoms with van der Waals surface area (Å²) < 4.78 is 28.5. The molecule has 3 aromatic rings. The number of carboxylic acid groups (broad SMARTS) is 1. The molecule has 12 atom stereocenters. The summed E-state index contributed by atoms with van der Waals surface area (Å²) in [7, 11) is 0.